The van der Waals surface area contributed by atoms with Gasteiger partial charge in [-0.25, -0.2) is 0 Å². The van der Waals surface area contributed by atoms with E-state index in [0.29, 0.717) is 10.7 Å². The average Bonchev–Trinajstić information content (AvgIpc) is 2.96. The molecule has 3 aromatic rings. The van der Waals surface area contributed by atoms with Crippen LogP contribution < -0.4 is 5.32 Å². The van der Waals surface area contributed by atoms with E-state index in [0.717, 1.165) is 27.6 Å². The molecule has 6 heteroatoms. The molecule has 2 aromatic carbocycles. The van der Waals surface area contributed by atoms with Gasteiger partial charge in [-0.1, -0.05) is 41.9 Å². The summed E-state index contributed by atoms with van der Waals surface area (Å²) < 4.78 is 1.83. The van der Waals surface area contributed by atoms with E-state index in [1.165, 1.54) is 0 Å². The lowest BCUT2D eigenvalue weighted by molar-refractivity contribution is -0.136. The molecule has 0 radical (unpaired) electrons. The van der Waals surface area contributed by atoms with Gasteiger partial charge in [0.15, 0.2) is 0 Å². The topological polar surface area (TPSA) is 71.3 Å². The molecule has 27 heavy (non-hydrogen) atoms. The van der Waals surface area contributed by atoms with Crippen LogP contribution in [0.15, 0.2) is 42.5 Å². The highest BCUT2D eigenvalue weighted by atomic mass is 35.5. The highest BCUT2D eigenvalue weighted by molar-refractivity contribution is 6.36. The molecule has 0 fully saturated rings. The summed E-state index contributed by atoms with van der Waals surface area (Å²) in [7, 11) is 1.84. The van der Waals surface area contributed by atoms with Gasteiger partial charge in [0.25, 0.3) is 5.91 Å². The SMILES string of the molecule is Cc1ccc2c(cc(C(=O)NC(C)c3ccc(CC(=O)O)cc3)n2C)c1Cl. The van der Waals surface area contributed by atoms with Gasteiger partial charge in [-0.3, -0.25) is 9.59 Å². The van der Waals surface area contributed by atoms with Crippen molar-refractivity contribution in [2.45, 2.75) is 26.3 Å². The molecule has 0 bridgehead atoms. The molecule has 0 saturated heterocycles. The zero-order chi connectivity index (χ0) is 19.7. The molecule has 5 nitrogen and oxygen atoms in total. The van der Waals surface area contributed by atoms with Crippen LogP contribution in [-0.4, -0.2) is 21.6 Å². The number of carbonyl (C=O) groups excluding carboxylic acids is 1. The first-order chi connectivity index (χ1) is 12.8. The third kappa shape index (κ3) is 3.83. The number of nitrogens with one attached hydrogen (secondary N) is 1. The third-order valence-corrected chi connectivity index (χ3v) is 5.27. The van der Waals surface area contributed by atoms with Crippen molar-refractivity contribution < 1.29 is 14.7 Å². The number of benzene rings is 2. The van der Waals surface area contributed by atoms with Crippen molar-refractivity contribution in [2.24, 2.45) is 7.05 Å². The summed E-state index contributed by atoms with van der Waals surface area (Å²) in [6.07, 6.45) is -0.0167. The van der Waals surface area contributed by atoms with E-state index in [9.17, 15) is 9.59 Å². The number of amides is 1. The Morgan fingerprint density at radius 3 is 2.48 bits per heavy atom. The van der Waals surface area contributed by atoms with Crippen LogP contribution in [0.25, 0.3) is 10.9 Å². The molecule has 0 saturated carbocycles. The number of hydrogen-bond acceptors (Lipinski definition) is 2. The maximum absolute atomic E-state index is 12.8. The summed E-state index contributed by atoms with van der Waals surface area (Å²) in [5.41, 5.74) is 4.04. The van der Waals surface area contributed by atoms with Gasteiger partial charge in [0.2, 0.25) is 0 Å². The Bertz CT molecular complexity index is 1020. The Hall–Kier alpha value is -2.79. The number of carbonyl (C=O) groups is 2. The van der Waals surface area contributed by atoms with Gasteiger partial charge in [-0.2, -0.15) is 0 Å². The van der Waals surface area contributed by atoms with E-state index in [-0.39, 0.29) is 18.4 Å². The van der Waals surface area contributed by atoms with Crippen molar-refractivity contribution in [3.63, 3.8) is 0 Å². The minimum absolute atomic E-state index is 0.0167. The maximum Gasteiger partial charge on any atom is 0.307 e. The van der Waals surface area contributed by atoms with Crippen LogP contribution in [0.3, 0.4) is 0 Å². The van der Waals surface area contributed by atoms with E-state index < -0.39 is 5.97 Å². The van der Waals surface area contributed by atoms with E-state index in [2.05, 4.69) is 5.32 Å². The van der Waals surface area contributed by atoms with Crippen LogP contribution in [0, 0.1) is 6.92 Å². The fraction of sp³-hybridized carbons (Fsp3) is 0.238. The van der Waals surface area contributed by atoms with Gasteiger partial charge in [0, 0.05) is 18.0 Å². The van der Waals surface area contributed by atoms with Crippen LogP contribution in [0.2, 0.25) is 5.02 Å². The number of aliphatic carboxylic acids is 1. The van der Waals surface area contributed by atoms with Crippen molar-refractivity contribution in [1.29, 1.82) is 0 Å². The summed E-state index contributed by atoms with van der Waals surface area (Å²) in [6.45, 7) is 3.83. The largest absolute Gasteiger partial charge is 0.481 e. The molecule has 0 aliphatic rings. The van der Waals surface area contributed by atoms with Crippen LogP contribution in [0.1, 0.15) is 40.1 Å². The first-order valence-corrected chi connectivity index (χ1v) is 9.01. The molecule has 2 N–H and O–H groups in total. The van der Waals surface area contributed by atoms with Crippen LogP contribution in [-0.2, 0) is 18.3 Å². The number of halogens is 1. The van der Waals surface area contributed by atoms with Crippen LogP contribution in [0.5, 0.6) is 0 Å². The first kappa shape index (κ1) is 19.0. The van der Waals surface area contributed by atoms with Crippen LogP contribution in [0.4, 0.5) is 0 Å². The predicted molar refractivity (Wildman–Crippen MR) is 106 cm³/mol. The molecule has 1 atom stereocenters. The lowest BCUT2D eigenvalue weighted by Gasteiger charge is -2.15. The molecular formula is C21H21ClN2O3. The maximum atomic E-state index is 12.8. The van der Waals surface area contributed by atoms with Gasteiger partial charge in [-0.05, 0) is 42.7 Å². The summed E-state index contributed by atoms with van der Waals surface area (Å²) >= 11 is 6.38. The number of carboxylic acids is 1. The molecule has 1 heterocycles. The lowest BCUT2D eigenvalue weighted by atomic mass is 10.0. The Balaban J connectivity index is 1.80. The second-order valence-electron chi connectivity index (χ2n) is 6.73. The number of rotatable bonds is 5. The van der Waals surface area contributed by atoms with E-state index in [1.807, 2.05) is 55.8 Å². The molecule has 1 aromatic heterocycles. The summed E-state index contributed by atoms with van der Waals surface area (Å²) in [5, 5.41) is 13.3. The summed E-state index contributed by atoms with van der Waals surface area (Å²) in [5.74, 6) is -1.06. The smallest absolute Gasteiger partial charge is 0.307 e. The summed E-state index contributed by atoms with van der Waals surface area (Å²) in [6, 6.07) is 12.7. The van der Waals surface area contributed by atoms with Gasteiger partial charge < -0.3 is 15.0 Å². The fourth-order valence-electron chi connectivity index (χ4n) is 3.16. The Labute approximate surface area is 162 Å². The fourth-order valence-corrected chi connectivity index (χ4v) is 3.37. The zero-order valence-corrected chi connectivity index (χ0v) is 16.2. The Morgan fingerprint density at radius 1 is 1.19 bits per heavy atom. The minimum atomic E-state index is -0.867. The monoisotopic (exact) mass is 384 g/mol. The molecule has 0 spiro atoms. The standard InChI is InChI=1S/C21H21ClN2O3/c1-12-4-9-17-16(20(12)22)11-18(24(17)3)21(27)23-13(2)15-7-5-14(6-8-15)10-19(25)26/h4-9,11,13H,10H2,1-3H3,(H,23,27)(H,25,26). The molecule has 1 amide bonds. The Kier molecular flexibility index (Phi) is 5.24. The van der Waals surface area contributed by atoms with E-state index >= 15 is 0 Å². The quantitative estimate of drug-likeness (QED) is 0.690. The average molecular weight is 385 g/mol. The van der Waals surface area contributed by atoms with Crippen molar-refractivity contribution in [1.82, 2.24) is 9.88 Å². The lowest BCUT2D eigenvalue weighted by Crippen LogP contribution is -2.28. The van der Waals surface area contributed by atoms with Crippen LogP contribution >= 0.6 is 11.6 Å². The van der Waals surface area contributed by atoms with E-state index in [1.54, 1.807) is 12.1 Å². The first-order valence-electron chi connectivity index (χ1n) is 8.64. The van der Waals surface area contributed by atoms with Gasteiger partial charge >= 0.3 is 5.97 Å². The molecular weight excluding hydrogens is 364 g/mol. The van der Waals surface area contributed by atoms with Gasteiger partial charge in [-0.15, -0.1) is 0 Å². The zero-order valence-electron chi connectivity index (χ0n) is 15.4. The third-order valence-electron chi connectivity index (χ3n) is 4.77. The Morgan fingerprint density at radius 2 is 1.85 bits per heavy atom. The number of nitrogens with zero attached hydrogens (tertiary/aromatic N) is 1. The normalized spacial score (nSPS) is 12.1. The number of hydrogen-bond donors (Lipinski definition) is 2. The van der Waals surface area contributed by atoms with Gasteiger partial charge in [0.05, 0.1) is 17.5 Å². The number of aryl methyl sites for hydroxylation is 2. The highest BCUT2D eigenvalue weighted by Crippen LogP contribution is 2.29. The van der Waals surface area contributed by atoms with Crippen molar-refractivity contribution in [3.8, 4) is 0 Å². The number of carboxylic acid groups (broad SMARTS) is 1. The van der Waals surface area contributed by atoms with Crippen molar-refractivity contribution in [3.05, 3.63) is 69.9 Å². The molecule has 3 rings (SSSR count). The van der Waals surface area contributed by atoms with Crippen molar-refractivity contribution >= 4 is 34.4 Å². The minimum Gasteiger partial charge on any atom is -0.481 e. The molecule has 1 unspecified atom stereocenters. The van der Waals surface area contributed by atoms with E-state index in [4.69, 9.17) is 16.7 Å². The highest BCUT2D eigenvalue weighted by Gasteiger charge is 2.18. The molecule has 0 aliphatic carbocycles. The van der Waals surface area contributed by atoms with Crippen molar-refractivity contribution in [2.75, 3.05) is 0 Å². The second-order valence-corrected chi connectivity index (χ2v) is 7.10. The second kappa shape index (κ2) is 7.45. The van der Waals surface area contributed by atoms with Gasteiger partial charge in [0.1, 0.15) is 5.69 Å². The molecule has 140 valence electrons. The molecule has 0 aliphatic heterocycles. The summed E-state index contributed by atoms with van der Waals surface area (Å²) in [4.78, 5) is 23.5. The number of aromatic nitrogens is 1. The predicted octanol–water partition coefficient (Wildman–Crippen LogP) is 4.26. The number of fused-ring (bicyclic) bond motifs is 1.